The summed E-state index contributed by atoms with van der Waals surface area (Å²) in [5.41, 5.74) is -1.88. The number of carbonyl (C=O) groups excluding carboxylic acids is 3. The number of nitriles is 1. The Morgan fingerprint density at radius 3 is 2.17 bits per heavy atom. The van der Waals surface area contributed by atoms with E-state index in [1.807, 2.05) is 30.3 Å². The number of hydrogen-bond acceptors (Lipinski definition) is 9. The molecule has 3 amide bonds. The van der Waals surface area contributed by atoms with E-state index in [1.54, 1.807) is 23.2 Å². The minimum atomic E-state index is -4.80. The zero-order valence-corrected chi connectivity index (χ0v) is 32.8. The number of halogens is 4. The lowest BCUT2D eigenvalue weighted by Gasteiger charge is -2.63. The summed E-state index contributed by atoms with van der Waals surface area (Å²) in [7, 11) is 0. The summed E-state index contributed by atoms with van der Waals surface area (Å²) in [4.78, 5) is 58.7. The van der Waals surface area contributed by atoms with Crippen LogP contribution in [0.5, 0.6) is 11.5 Å². The predicted molar refractivity (Wildman–Crippen MR) is 210 cm³/mol. The molecule has 0 bridgehead atoms. The van der Waals surface area contributed by atoms with Gasteiger partial charge in [-0.25, -0.2) is 4.90 Å². The van der Waals surface area contributed by atoms with Crippen molar-refractivity contribution >= 4 is 40.7 Å². The van der Waals surface area contributed by atoms with Crippen LogP contribution in [0.15, 0.2) is 77.6 Å². The number of alkyl halides is 3. The first-order valence-corrected chi connectivity index (χ1v) is 19.0. The third-order valence-corrected chi connectivity index (χ3v) is 11.6. The molecule has 7 rings (SSSR count). The third kappa shape index (κ3) is 7.49. The number of aromatic nitrogens is 1. The minimum absolute atomic E-state index is 0.0136. The van der Waals surface area contributed by atoms with Gasteiger partial charge < -0.3 is 24.7 Å². The number of nitrogens with zero attached hydrogens (tertiary/aromatic N) is 4. The van der Waals surface area contributed by atoms with Crippen LogP contribution in [0.3, 0.4) is 0 Å². The fourth-order valence-electron chi connectivity index (χ4n) is 8.49. The molecule has 0 atom stereocenters. The van der Waals surface area contributed by atoms with Gasteiger partial charge in [-0.15, -0.1) is 0 Å². The third-order valence-electron chi connectivity index (χ3n) is 11.3. The maximum absolute atomic E-state index is 13.4. The smallest absolute Gasteiger partial charge is 0.431 e. The number of hydrogen-bond donors (Lipinski definition) is 2. The van der Waals surface area contributed by atoms with Crippen molar-refractivity contribution in [1.29, 1.82) is 5.26 Å². The number of fused-ring (bicyclic) bond motifs is 1. The number of aromatic amines is 1. The van der Waals surface area contributed by atoms with Gasteiger partial charge in [0.25, 0.3) is 23.3 Å². The minimum Gasteiger partial charge on any atom is -0.492 e. The van der Waals surface area contributed by atoms with Crippen LogP contribution in [0, 0.1) is 22.2 Å². The van der Waals surface area contributed by atoms with Crippen molar-refractivity contribution in [3.63, 3.8) is 0 Å². The number of imide groups is 1. The van der Waals surface area contributed by atoms with E-state index in [0.717, 1.165) is 37.9 Å². The van der Waals surface area contributed by atoms with Gasteiger partial charge in [-0.1, -0.05) is 39.3 Å². The molecule has 2 aliphatic heterocycles. The molecule has 0 radical (unpaired) electrons. The highest BCUT2D eigenvalue weighted by Gasteiger charge is 2.64. The van der Waals surface area contributed by atoms with Crippen molar-refractivity contribution in [1.82, 2.24) is 15.2 Å². The Kier molecular flexibility index (Phi) is 10.5. The quantitative estimate of drug-likeness (QED) is 0.171. The Hall–Kier alpha value is -5.85. The van der Waals surface area contributed by atoms with E-state index in [1.165, 1.54) is 18.2 Å². The Bertz CT molecular complexity index is 2370. The number of ether oxygens (including phenoxy) is 2. The molecule has 3 aliphatic rings. The summed E-state index contributed by atoms with van der Waals surface area (Å²) in [5.74, 6) is -0.927. The average molecular weight is 817 g/mol. The van der Waals surface area contributed by atoms with E-state index in [4.69, 9.17) is 21.1 Å². The predicted octanol–water partition coefficient (Wildman–Crippen LogP) is 6.53. The van der Waals surface area contributed by atoms with Crippen molar-refractivity contribution in [2.75, 3.05) is 49.1 Å². The number of anilines is 2. The van der Waals surface area contributed by atoms with Gasteiger partial charge in [-0.2, -0.15) is 18.4 Å². The lowest BCUT2D eigenvalue weighted by atomic mass is 9.49. The molecular formula is C42H40ClF3N6O6. The van der Waals surface area contributed by atoms with Gasteiger partial charge in [0, 0.05) is 66.9 Å². The largest absolute Gasteiger partial charge is 0.492 e. The highest BCUT2D eigenvalue weighted by molar-refractivity contribution is 6.34. The monoisotopic (exact) mass is 816 g/mol. The van der Waals surface area contributed by atoms with Crippen LogP contribution in [0.1, 0.15) is 70.0 Å². The number of H-pyrrole nitrogens is 1. The first-order chi connectivity index (χ1) is 27.4. The fraction of sp³-hybridized carbons (Fsp3) is 0.357. The first-order valence-electron chi connectivity index (χ1n) is 18.6. The van der Waals surface area contributed by atoms with Gasteiger partial charge in [-0.05, 0) is 66.7 Å². The van der Waals surface area contributed by atoms with E-state index in [-0.39, 0.29) is 35.8 Å². The second-order valence-corrected chi connectivity index (χ2v) is 16.2. The molecule has 16 heteroatoms. The van der Waals surface area contributed by atoms with Crippen LogP contribution >= 0.6 is 11.6 Å². The summed E-state index contributed by atoms with van der Waals surface area (Å²) in [6.07, 6.45) is -5.01. The molecule has 2 fully saturated rings. The van der Waals surface area contributed by atoms with Crippen LogP contribution in [-0.4, -0.2) is 79.1 Å². The molecule has 3 heterocycles. The Balaban J connectivity index is 0.879. The van der Waals surface area contributed by atoms with Crippen molar-refractivity contribution in [2.24, 2.45) is 10.8 Å². The molecule has 0 unspecified atom stereocenters. The lowest BCUT2D eigenvalue weighted by Crippen LogP contribution is -2.74. The number of amides is 3. The van der Waals surface area contributed by atoms with E-state index < -0.39 is 45.8 Å². The van der Waals surface area contributed by atoms with Crippen molar-refractivity contribution in [3.8, 4) is 17.6 Å². The van der Waals surface area contributed by atoms with Gasteiger partial charge in [0.1, 0.15) is 41.7 Å². The molecule has 12 nitrogen and oxygen atoms in total. The van der Waals surface area contributed by atoms with Crippen molar-refractivity contribution < 1.29 is 37.0 Å². The highest BCUT2D eigenvalue weighted by Crippen LogP contribution is 2.55. The van der Waals surface area contributed by atoms with Crippen LogP contribution in [-0.2, 0) is 6.18 Å². The molecule has 0 spiro atoms. The maximum Gasteiger partial charge on any atom is 0.431 e. The number of benzene rings is 3. The molecule has 4 aromatic rings. The lowest BCUT2D eigenvalue weighted by molar-refractivity contribution is -0.164. The highest BCUT2D eigenvalue weighted by atomic mass is 35.5. The average Bonchev–Trinajstić information content (AvgIpc) is 3.43. The number of nitrogens with one attached hydrogen (secondary N) is 2. The fourth-order valence-corrected chi connectivity index (χ4v) is 8.70. The summed E-state index contributed by atoms with van der Waals surface area (Å²) in [6, 6.07) is 20.1. The molecule has 1 saturated heterocycles. The normalized spacial score (nSPS) is 19.9. The Morgan fingerprint density at radius 1 is 0.897 bits per heavy atom. The summed E-state index contributed by atoms with van der Waals surface area (Å²) in [6.45, 7) is 12.1. The van der Waals surface area contributed by atoms with E-state index in [9.17, 15) is 37.6 Å². The van der Waals surface area contributed by atoms with Gasteiger partial charge >= 0.3 is 6.18 Å². The molecular weight excluding hydrogens is 777 g/mol. The van der Waals surface area contributed by atoms with Crippen molar-refractivity contribution in [3.05, 3.63) is 116 Å². The zero-order valence-electron chi connectivity index (χ0n) is 32.1. The molecule has 58 heavy (non-hydrogen) atoms. The molecule has 2 N–H and O–H groups in total. The van der Waals surface area contributed by atoms with E-state index >= 15 is 0 Å². The van der Waals surface area contributed by atoms with E-state index in [0.29, 0.717) is 45.2 Å². The standard InChI is InChI=1S/C42H40ClF3N6O6/c1-40(2)38(41(3,4)39(40)58-28-10-7-25(23-47)31(43)22-28)49-34(53)24-5-8-26(9-6-24)51-17-15-50(16-18-51)19-20-57-27-11-12-29-30(21-27)37(56)52(36(29)55)32-13-14-33(42(44,45)46)48-35(32)54/h5-14,21-22,38-39H,15-20H2,1-4H3,(H,48,54)(H,49,53)/t38-,39-. The molecule has 1 aliphatic carbocycles. The van der Waals surface area contributed by atoms with E-state index in [2.05, 4.69) is 42.8 Å². The van der Waals surface area contributed by atoms with Gasteiger partial charge in [0.2, 0.25) is 0 Å². The second-order valence-electron chi connectivity index (χ2n) is 15.8. The van der Waals surface area contributed by atoms with Gasteiger partial charge in [-0.3, -0.25) is 24.1 Å². The molecule has 3 aromatic carbocycles. The number of carbonyl (C=O) groups is 3. The van der Waals surface area contributed by atoms with Gasteiger partial charge in [0.15, 0.2) is 0 Å². The molecule has 1 saturated carbocycles. The summed E-state index contributed by atoms with van der Waals surface area (Å²) >= 11 is 6.23. The summed E-state index contributed by atoms with van der Waals surface area (Å²) < 4.78 is 51.3. The molecule has 1 aromatic heterocycles. The van der Waals surface area contributed by atoms with Crippen LogP contribution in [0.4, 0.5) is 24.5 Å². The number of pyridine rings is 1. The second kappa shape index (κ2) is 15.1. The van der Waals surface area contributed by atoms with Crippen LogP contribution < -0.4 is 30.1 Å². The SMILES string of the molecule is CC1(C)[C@H](NC(=O)c2ccc(N3CCN(CCOc4ccc5c(c4)C(=O)N(c4ccc(C(F)(F)F)[nH]c4=O)C5=O)CC3)cc2)C(C)(C)[C@H]1Oc1ccc(C#N)c(Cl)c1. The van der Waals surface area contributed by atoms with Crippen LogP contribution in [0.2, 0.25) is 5.02 Å². The van der Waals surface area contributed by atoms with Crippen LogP contribution in [0.25, 0.3) is 0 Å². The summed E-state index contributed by atoms with van der Waals surface area (Å²) in [5, 5.41) is 12.7. The zero-order chi connectivity index (χ0) is 41.7. The number of rotatable bonds is 10. The van der Waals surface area contributed by atoms with Gasteiger partial charge in [0.05, 0.1) is 21.7 Å². The van der Waals surface area contributed by atoms with Crippen molar-refractivity contribution in [2.45, 2.75) is 46.0 Å². The maximum atomic E-state index is 13.4. The molecule has 302 valence electrons. The topological polar surface area (TPSA) is 148 Å². The first kappa shape index (κ1) is 40.4. The number of piperazine rings is 1. The Morgan fingerprint density at radius 2 is 1.55 bits per heavy atom. The Labute approximate surface area is 337 Å².